The molecule has 0 bridgehead atoms. The SMILES string of the molecule is CCC(=O)OCC1OC(OC2C(COC)OC(C)C(OC)C2OC)C(OC)C(OC)C1OC. The summed E-state index contributed by atoms with van der Waals surface area (Å²) in [5, 5.41) is 0. The lowest BCUT2D eigenvalue weighted by atomic mass is 9.94. The molecule has 0 aromatic heterocycles. The molecular weight excluding hydrogens is 440 g/mol. The van der Waals surface area contributed by atoms with Gasteiger partial charge in [-0.1, -0.05) is 6.92 Å². The Hall–Kier alpha value is -0.890. The van der Waals surface area contributed by atoms with E-state index in [2.05, 4.69) is 0 Å². The van der Waals surface area contributed by atoms with Gasteiger partial charge in [-0.2, -0.15) is 0 Å². The Morgan fingerprint density at radius 1 is 0.697 bits per heavy atom. The van der Waals surface area contributed by atoms with Crippen LogP contribution in [0.3, 0.4) is 0 Å². The van der Waals surface area contributed by atoms with Gasteiger partial charge in [0.2, 0.25) is 0 Å². The number of rotatable bonds is 12. The van der Waals surface area contributed by atoms with Crippen LogP contribution in [-0.4, -0.2) is 123 Å². The van der Waals surface area contributed by atoms with Gasteiger partial charge in [0.05, 0.1) is 12.7 Å². The van der Waals surface area contributed by atoms with Crippen molar-refractivity contribution in [3.8, 4) is 0 Å². The Kier molecular flexibility index (Phi) is 11.9. The van der Waals surface area contributed by atoms with Crippen molar-refractivity contribution in [2.75, 3.05) is 55.9 Å². The van der Waals surface area contributed by atoms with Gasteiger partial charge in [-0.25, -0.2) is 0 Å². The largest absolute Gasteiger partial charge is 0.463 e. The average molecular weight is 481 g/mol. The second-order valence-electron chi connectivity index (χ2n) is 8.02. The lowest BCUT2D eigenvalue weighted by Gasteiger charge is -2.49. The van der Waals surface area contributed by atoms with Gasteiger partial charge in [-0.3, -0.25) is 4.79 Å². The summed E-state index contributed by atoms with van der Waals surface area (Å²) in [6, 6.07) is 0. The monoisotopic (exact) mass is 480 g/mol. The molecule has 0 amide bonds. The maximum absolute atomic E-state index is 11.7. The van der Waals surface area contributed by atoms with Gasteiger partial charge in [-0.05, 0) is 6.92 Å². The summed E-state index contributed by atoms with van der Waals surface area (Å²) in [6.07, 6.45) is -5.14. The van der Waals surface area contributed by atoms with E-state index in [1.54, 1.807) is 42.5 Å². The van der Waals surface area contributed by atoms with Crippen LogP contribution >= 0.6 is 0 Å². The van der Waals surface area contributed by atoms with Gasteiger partial charge < -0.3 is 47.4 Å². The van der Waals surface area contributed by atoms with Crippen molar-refractivity contribution in [3.63, 3.8) is 0 Å². The van der Waals surface area contributed by atoms with E-state index in [0.29, 0.717) is 0 Å². The summed E-state index contributed by atoms with van der Waals surface area (Å²) in [5.41, 5.74) is 0. The van der Waals surface area contributed by atoms with Gasteiger partial charge in [0.1, 0.15) is 55.4 Å². The minimum atomic E-state index is -0.895. The Labute approximate surface area is 196 Å². The molecule has 0 aromatic carbocycles. The van der Waals surface area contributed by atoms with Crippen molar-refractivity contribution in [1.29, 1.82) is 0 Å². The van der Waals surface area contributed by atoms with E-state index in [4.69, 9.17) is 47.4 Å². The van der Waals surface area contributed by atoms with E-state index in [1.807, 2.05) is 6.92 Å². The molecule has 11 heteroatoms. The first-order chi connectivity index (χ1) is 15.9. The normalized spacial score (nSPS) is 39.4. The average Bonchev–Trinajstić information content (AvgIpc) is 2.82. The molecule has 0 N–H and O–H groups in total. The molecular formula is C22H40O11. The number of esters is 1. The molecule has 2 saturated heterocycles. The molecule has 2 aliphatic heterocycles. The zero-order chi connectivity index (χ0) is 24.5. The fourth-order valence-electron chi connectivity index (χ4n) is 4.51. The fourth-order valence-corrected chi connectivity index (χ4v) is 4.51. The van der Waals surface area contributed by atoms with Crippen LogP contribution in [0.2, 0.25) is 0 Å². The molecule has 10 unspecified atom stereocenters. The van der Waals surface area contributed by atoms with Crippen LogP contribution in [0, 0.1) is 0 Å². The highest BCUT2D eigenvalue weighted by Crippen LogP contribution is 2.33. The van der Waals surface area contributed by atoms with Gasteiger partial charge in [0.25, 0.3) is 0 Å². The maximum atomic E-state index is 11.7. The summed E-state index contributed by atoms with van der Waals surface area (Å²) in [4.78, 5) is 11.7. The highest BCUT2D eigenvalue weighted by Gasteiger charge is 2.52. The number of carbonyl (C=O) groups is 1. The minimum absolute atomic E-state index is 0.0184. The third kappa shape index (κ3) is 6.62. The van der Waals surface area contributed by atoms with Crippen molar-refractivity contribution >= 4 is 5.97 Å². The van der Waals surface area contributed by atoms with Gasteiger partial charge in [0.15, 0.2) is 6.29 Å². The summed E-state index contributed by atoms with van der Waals surface area (Å²) < 4.78 is 57.9. The predicted molar refractivity (Wildman–Crippen MR) is 115 cm³/mol. The lowest BCUT2D eigenvalue weighted by molar-refractivity contribution is -0.350. The Balaban J connectivity index is 2.31. The molecule has 0 aliphatic carbocycles. The fraction of sp³-hybridized carbons (Fsp3) is 0.955. The molecule has 2 heterocycles. The molecule has 0 saturated carbocycles. The van der Waals surface area contributed by atoms with Gasteiger partial charge in [-0.15, -0.1) is 0 Å². The molecule has 11 nitrogen and oxygen atoms in total. The molecule has 2 aliphatic rings. The number of hydrogen-bond acceptors (Lipinski definition) is 11. The summed E-state index contributed by atoms with van der Waals surface area (Å²) in [7, 11) is 9.42. The Morgan fingerprint density at radius 2 is 1.24 bits per heavy atom. The molecule has 194 valence electrons. The van der Waals surface area contributed by atoms with Crippen molar-refractivity contribution in [1.82, 2.24) is 0 Å². The Bertz CT molecular complexity index is 577. The Morgan fingerprint density at radius 3 is 1.76 bits per heavy atom. The van der Waals surface area contributed by atoms with Gasteiger partial charge in [0, 0.05) is 49.1 Å². The first-order valence-electron chi connectivity index (χ1n) is 11.1. The van der Waals surface area contributed by atoms with Crippen LogP contribution in [0.25, 0.3) is 0 Å². The third-order valence-electron chi connectivity index (χ3n) is 6.14. The smallest absolute Gasteiger partial charge is 0.305 e. The molecule has 0 radical (unpaired) electrons. The minimum Gasteiger partial charge on any atom is -0.463 e. The van der Waals surface area contributed by atoms with Crippen LogP contribution in [0.1, 0.15) is 20.3 Å². The van der Waals surface area contributed by atoms with E-state index in [-0.39, 0.29) is 37.8 Å². The second-order valence-corrected chi connectivity index (χ2v) is 8.02. The van der Waals surface area contributed by atoms with E-state index < -0.39 is 49.0 Å². The summed E-state index contributed by atoms with van der Waals surface area (Å²) in [5.74, 6) is -0.342. The molecule has 2 fully saturated rings. The van der Waals surface area contributed by atoms with E-state index in [1.165, 1.54) is 7.11 Å². The van der Waals surface area contributed by atoms with Crippen molar-refractivity contribution < 1.29 is 52.2 Å². The maximum Gasteiger partial charge on any atom is 0.305 e. The molecule has 10 atom stereocenters. The molecule has 33 heavy (non-hydrogen) atoms. The topological polar surface area (TPSA) is 109 Å². The number of carbonyl (C=O) groups excluding carboxylic acids is 1. The first kappa shape index (κ1) is 28.3. The van der Waals surface area contributed by atoms with Crippen LogP contribution in [0.4, 0.5) is 0 Å². The van der Waals surface area contributed by atoms with Crippen molar-refractivity contribution in [2.24, 2.45) is 0 Å². The highest BCUT2D eigenvalue weighted by atomic mass is 16.7. The first-order valence-corrected chi connectivity index (χ1v) is 11.1. The number of hydrogen-bond donors (Lipinski definition) is 0. The highest BCUT2D eigenvalue weighted by molar-refractivity contribution is 5.68. The standard InChI is InChI=1S/C22H40O11/c1-9-15(23)30-11-14-17(26-5)20(28-7)21(29-8)22(32-14)33-18-13(10-24-3)31-12(2)16(25-4)19(18)27-6/h12-14,16-22H,9-11H2,1-8H3. The van der Waals surface area contributed by atoms with E-state index in [9.17, 15) is 4.79 Å². The summed E-state index contributed by atoms with van der Waals surface area (Å²) >= 11 is 0. The predicted octanol–water partition coefficient (Wildman–Crippen LogP) is 0.558. The van der Waals surface area contributed by atoms with Gasteiger partial charge >= 0.3 is 5.97 Å². The van der Waals surface area contributed by atoms with Crippen LogP contribution in [0.5, 0.6) is 0 Å². The zero-order valence-electron chi connectivity index (χ0n) is 20.9. The molecule has 0 spiro atoms. The number of methoxy groups -OCH3 is 6. The van der Waals surface area contributed by atoms with E-state index >= 15 is 0 Å². The lowest BCUT2D eigenvalue weighted by Crippen LogP contribution is -2.65. The van der Waals surface area contributed by atoms with Crippen LogP contribution in [0.15, 0.2) is 0 Å². The van der Waals surface area contributed by atoms with Crippen molar-refractivity contribution in [2.45, 2.75) is 81.5 Å². The van der Waals surface area contributed by atoms with Crippen LogP contribution < -0.4 is 0 Å². The number of ether oxygens (including phenoxy) is 10. The van der Waals surface area contributed by atoms with Crippen molar-refractivity contribution in [3.05, 3.63) is 0 Å². The zero-order valence-corrected chi connectivity index (χ0v) is 20.9. The second kappa shape index (κ2) is 13.9. The quantitative estimate of drug-likeness (QED) is 0.366. The third-order valence-corrected chi connectivity index (χ3v) is 6.14. The molecule has 2 rings (SSSR count). The van der Waals surface area contributed by atoms with E-state index in [0.717, 1.165) is 0 Å². The van der Waals surface area contributed by atoms with Crippen LogP contribution in [-0.2, 0) is 52.2 Å². The summed E-state index contributed by atoms with van der Waals surface area (Å²) in [6.45, 7) is 3.90. The molecule has 0 aromatic rings.